The molecule has 0 radical (unpaired) electrons. The number of hydrogen-bond acceptors (Lipinski definition) is 3. The van der Waals surface area contributed by atoms with E-state index in [0.29, 0.717) is 22.8 Å². The van der Waals surface area contributed by atoms with Gasteiger partial charge < -0.3 is 0 Å². The zero-order chi connectivity index (χ0) is 22.2. The summed E-state index contributed by atoms with van der Waals surface area (Å²) in [5.74, 6) is 0.407. The van der Waals surface area contributed by atoms with E-state index in [4.69, 9.17) is 0 Å². The van der Waals surface area contributed by atoms with E-state index in [1.165, 1.54) is 35.9 Å². The Morgan fingerprint density at radius 3 is 2.26 bits per heavy atom. The van der Waals surface area contributed by atoms with Crippen molar-refractivity contribution in [2.24, 2.45) is 0 Å². The van der Waals surface area contributed by atoms with Crippen LogP contribution in [0, 0.1) is 13.8 Å². The van der Waals surface area contributed by atoms with Crippen molar-refractivity contribution in [2.75, 3.05) is 6.54 Å². The Balaban J connectivity index is 1.80. The fourth-order valence-electron chi connectivity index (χ4n) is 4.00. The third-order valence-corrected chi connectivity index (χ3v) is 6.88. The first-order valence-electron chi connectivity index (χ1n) is 11.4. The molecule has 1 aliphatic heterocycles. The quantitative estimate of drug-likeness (QED) is 0.292. The lowest BCUT2D eigenvalue weighted by molar-refractivity contribution is -0.136. The van der Waals surface area contributed by atoms with Gasteiger partial charge in [-0.05, 0) is 37.0 Å². The van der Waals surface area contributed by atoms with Gasteiger partial charge in [-0.15, -0.1) is 11.8 Å². The molecule has 0 atom stereocenters. The molecule has 0 saturated heterocycles. The SMILES string of the molecule is CCCCCCCCN1C(=O)C(SCc2ccccc2)=C(c2ccc(C)cc2C)C1=O. The first-order valence-corrected chi connectivity index (χ1v) is 12.4. The fourth-order valence-corrected chi connectivity index (χ4v) is 5.08. The number of carbonyl (C=O) groups excluding carboxylic acids is 2. The van der Waals surface area contributed by atoms with Crippen LogP contribution in [0.25, 0.3) is 5.57 Å². The monoisotopic (exact) mass is 435 g/mol. The molecule has 0 unspecified atom stereocenters. The van der Waals surface area contributed by atoms with Crippen LogP contribution < -0.4 is 0 Å². The number of amides is 2. The van der Waals surface area contributed by atoms with E-state index in [0.717, 1.165) is 41.5 Å². The lowest BCUT2D eigenvalue weighted by Gasteiger charge is -2.15. The summed E-state index contributed by atoms with van der Waals surface area (Å²) >= 11 is 1.49. The number of rotatable bonds is 11. The van der Waals surface area contributed by atoms with Crippen LogP contribution >= 0.6 is 11.8 Å². The summed E-state index contributed by atoms with van der Waals surface area (Å²) in [6, 6.07) is 16.2. The number of carbonyl (C=O) groups is 2. The molecule has 164 valence electrons. The van der Waals surface area contributed by atoms with E-state index < -0.39 is 0 Å². The molecule has 2 aromatic carbocycles. The van der Waals surface area contributed by atoms with Crippen molar-refractivity contribution in [3.05, 3.63) is 75.7 Å². The van der Waals surface area contributed by atoms with Crippen molar-refractivity contribution in [3.8, 4) is 0 Å². The highest BCUT2D eigenvalue weighted by atomic mass is 32.2. The topological polar surface area (TPSA) is 37.4 Å². The second-order valence-electron chi connectivity index (χ2n) is 8.33. The standard InChI is InChI=1S/C27H33NO2S/c1-4-5-6-7-8-12-17-28-26(29)24(23-16-15-20(2)18-21(23)3)25(27(28)30)31-19-22-13-10-9-11-14-22/h9-11,13-16,18H,4-8,12,17,19H2,1-3H3. The predicted octanol–water partition coefficient (Wildman–Crippen LogP) is 6.68. The van der Waals surface area contributed by atoms with Gasteiger partial charge >= 0.3 is 0 Å². The Morgan fingerprint density at radius 1 is 0.839 bits per heavy atom. The van der Waals surface area contributed by atoms with Gasteiger partial charge in [0.25, 0.3) is 11.8 Å². The van der Waals surface area contributed by atoms with E-state index in [1.807, 2.05) is 44.2 Å². The summed E-state index contributed by atoms with van der Waals surface area (Å²) in [4.78, 5) is 28.7. The highest BCUT2D eigenvalue weighted by Gasteiger charge is 2.39. The minimum absolute atomic E-state index is 0.130. The average molecular weight is 436 g/mol. The summed E-state index contributed by atoms with van der Waals surface area (Å²) in [6.45, 7) is 6.77. The molecule has 0 aliphatic carbocycles. The van der Waals surface area contributed by atoms with Gasteiger partial charge in [0.2, 0.25) is 0 Å². The first-order chi connectivity index (χ1) is 15.0. The van der Waals surface area contributed by atoms with Crippen LogP contribution in [0.3, 0.4) is 0 Å². The Bertz CT molecular complexity index is 949. The third kappa shape index (κ3) is 5.88. The van der Waals surface area contributed by atoms with Crippen LogP contribution in [0.1, 0.15) is 67.7 Å². The normalized spacial score (nSPS) is 14.1. The van der Waals surface area contributed by atoms with E-state index in [2.05, 4.69) is 25.1 Å². The lowest BCUT2D eigenvalue weighted by atomic mass is 9.99. The van der Waals surface area contributed by atoms with E-state index in [9.17, 15) is 9.59 Å². The van der Waals surface area contributed by atoms with E-state index >= 15 is 0 Å². The summed E-state index contributed by atoms with van der Waals surface area (Å²) in [5.41, 5.74) is 4.80. The molecule has 0 N–H and O–H groups in total. The average Bonchev–Trinajstić information content (AvgIpc) is 2.99. The highest BCUT2D eigenvalue weighted by molar-refractivity contribution is 8.03. The Labute approximate surface area is 190 Å². The minimum Gasteiger partial charge on any atom is -0.274 e. The van der Waals surface area contributed by atoms with Crippen LogP contribution in [0.2, 0.25) is 0 Å². The van der Waals surface area contributed by atoms with Crippen molar-refractivity contribution in [1.29, 1.82) is 0 Å². The van der Waals surface area contributed by atoms with Gasteiger partial charge in [0.15, 0.2) is 0 Å². The van der Waals surface area contributed by atoms with Gasteiger partial charge in [-0.1, -0.05) is 93.1 Å². The second-order valence-corrected chi connectivity index (χ2v) is 9.31. The second kappa shape index (κ2) is 11.3. The fraction of sp³-hybridized carbons (Fsp3) is 0.407. The van der Waals surface area contributed by atoms with Crippen LogP contribution in [0.5, 0.6) is 0 Å². The van der Waals surface area contributed by atoms with Crippen LogP contribution in [-0.4, -0.2) is 23.3 Å². The Kier molecular flexibility index (Phi) is 8.53. The zero-order valence-corrected chi connectivity index (χ0v) is 19.8. The Morgan fingerprint density at radius 2 is 1.55 bits per heavy atom. The van der Waals surface area contributed by atoms with Gasteiger partial charge in [-0.25, -0.2) is 0 Å². The molecular weight excluding hydrogens is 402 g/mol. The maximum absolute atomic E-state index is 13.4. The summed E-state index contributed by atoms with van der Waals surface area (Å²) < 4.78 is 0. The van der Waals surface area contributed by atoms with Crippen molar-refractivity contribution in [3.63, 3.8) is 0 Å². The molecule has 3 rings (SSSR count). The molecule has 31 heavy (non-hydrogen) atoms. The number of hydrogen-bond donors (Lipinski definition) is 0. The third-order valence-electron chi connectivity index (χ3n) is 5.74. The van der Waals surface area contributed by atoms with Gasteiger partial charge in [0, 0.05) is 12.3 Å². The molecule has 2 aromatic rings. The number of imide groups is 1. The van der Waals surface area contributed by atoms with Gasteiger partial charge in [-0.3, -0.25) is 14.5 Å². The lowest BCUT2D eigenvalue weighted by Crippen LogP contribution is -2.32. The highest BCUT2D eigenvalue weighted by Crippen LogP contribution is 2.38. The Hall–Kier alpha value is -2.33. The van der Waals surface area contributed by atoms with E-state index in [1.54, 1.807) is 0 Å². The maximum Gasteiger partial charge on any atom is 0.267 e. The maximum atomic E-state index is 13.4. The molecule has 3 nitrogen and oxygen atoms in total. The largest absolute Gasteiger partial charge is 0.274 e. The molecule has 0 aromatic heterocycles. The number of benzene rings is 2. The molecule has 1 heterocycles. The van der Waals surface area contributed by atoms with Gasteiger partial charge in [-0.2, -0.15) is 0 Å². The number of aryl methyl sites for hydroxylation is 2. The summed E-state index contributed by atoms with van der Waals surface area (Å²) in [7, 11) is 0. The molecule has 0 saturated carbocycles. The summed E-state index contributed by atoms with van der Waals surface area (Å²) in [5, 5.41) is 0. The molecule has 0 bridgehead atoms. The first kappa shape index (κ1) is 23.3. The molecule has 0 spiro atoms. The molecule has 4 heteroatoms. The molecule has 2 amide bonds. The van der Waals surface area contributed by atoms with Crippen LogP contribution in [-0.2, 0) is 15.3 Å². The van der Waals surface area contributed by atoms with Crippen LogP contribution in [0.4, 0.5) is 0 Å². The van der Waals surface area contributed by atoms with Crippen molar-refractivity contribution < 1.29 is 9.59 Å². The molecular formula is C27H33NO2S. The van der Waals surface area contributed by atoms with Crippen molar-refractivity contribution in [1.82, 2.24) is 4.90 Å². The van der Waals surface area contributed by atoms with Crippen LogP contribution in [0.15, 0.2) is 53.4 Å². The van der Waals surface area contributed by atoms with Gasteiger partial charge in [0.1, 0.15) is 0 Å². The number of thioether (sulfide) groups is 1. The van der Waals surface area contributed by atoms with E-state index in [-0.39, 0.29) is 11.8 Å². The smallest absolute Gasteiger partial charge is 0.267 e. The summed E-state index contributed by atoms with van der Waals surface area (Å²) in [6.07, 6.45) is 6.79. The van der Waals surface area contributed by atoms with Crippen molar-refractivity contribution in [2.45, 2.75) is 65.0 Å². The zero-order valence-electron chi connectivity index (χ0n) is 18.9. The van der Waals surface area contributed by atoms with Gasteiger partial charge in [0.05, 0.1) is 10.5 Å². The molecule has 1 aliphatic rings. The molecule has 0 fully saturated rings. The number of unbranched alkanes of at least 4 members (excludes halogenated alkanes) is 5. The predicted molar refractivity (Wildman–Crippen MR) is 131 cm³/mol. The number of nitrogens with zero attached hydrogens (tertiary/aromatic N) is 1. The minimum atomic E-state index is -0.138. The van der Waals surface area contributed by atoms with Crippen molar-refractivity contribution >= 4 is 29.1 Å².